The highest BCUT2D eigenvalue weighted by atomic mass is 16.7. The summed E-state index contributed by atoms with van der Waals surface area (Å²) in [6.45, 7) is 2.09. The SMILES string of the molecule is CC(NOC1CCCC1)c1cnn(C)c1. The molecule has 4 heteroatoms. The van der Waals surface area contributed by atoms with E-state index in [2.05, 4.69) is 17.5 Å². The third-order valence-electron chi connectivity index (χ3n) is 2.94. The zero-order valence-electron chi connectivity index (χ0n) is 9.44. The smallest absolute Gasteiger partial charge is 0.0790 e. The van der Waals surface area contributed by atoms with Crippen molar-refractivity contribution in [2.24, 2.45) is 7.05 Å². The van der Waals surface area contributed by atoms with Crippen LogP contribution in [0.5, 0.6) is 0 Å². The number of nitrogens with zero attached hydrogens (tertiary/aromatic N) is 2. The molecule has 0 amide bonds. The van der Waals surface area contributed by atoms with Crippen molar-refractivity contribution in [2.45, 2.75) is 44.8 Å². The summed E-state index contributed by atoms with van der Waals surface area (Å²) >= 11 is 0. The van der Waals surface area contributed by atoms with Gasteiger partial charge in [0.25, 0.3) is 0 Å². The van der Waals surface area contributed by atoms with Gasteiger partial charge in [0.2, 0.25) is 0 Å². The van der Waals surface area contributed by atoms with Crippen LogP contribution in [0, 0.1) is 0 Å². The summed E-state index contributed by atoms with van der Waals surface area (Å²) in [5.41, 5.74) is 4.26. The van der Waals surface area contributed by atoms with Gasteiger partial charge in [-0.2, -0.15) is 10.6 Å². The molecule has 0 spiro atoms. The van der Waals surface area contributed by atoms with Crippen LogP contribution in [0.4, 0.5) is 0 Å². The third-order valence-corrected chi connectivity index (χ3v) is 2.94. The maximum absolute atomic E-state index is 5.64. The normalized spacial score (nSPS) is 19.6. The molecule has 0 bridgehead atoms. The van der Waals surface area contributed by atoms with Crippen LogP contribution in [0.2, 0.25) is 0 Å². The Balaban J connectivity index is 1.79. The van der Waals surface area contributed by atoms with Crippen LogP contribution < -0.4 is 5.48 Å². The Hall–Kier alpha value is -0.870. The second kappa shape index (κ2) is 4.77. The summed E-state index contributed by atoms with van der Waals surface area (Å²) < 4.78 is 1.81. The van der Waals surface area contributed by atoms with Crippen LogP contribution in [-0.4, -0.2) is 15.9 Å². The number of nitrogens with one attached hydrogen (secondary N) is 1. The molecule has 1 aliphatic rings. The molecule has 1 aromatic heterocycles. The van der Waals surface area contributed by atoms with Gasteiger partial charge in [-0.05, 0) is 19.8 Å². The Morgan fingerprint density at radius 1 is 1.53 bits per heavy atom. The van der Waals surface area contributed by atoms with Crippen molar-refractivity contribution in [1.82, 2.24) is 15.3 Å². The van der Waals surface area contributed by atoms with Gasteiger partial charge < -0.3 is 0 Å². The maximum atomic E-state index is 5.64. The first-order valence-electron chi connectivity index (χ1n) is 5.65. The minimum Gasteiger partial charge on any atom is -0.298 e. The number of rotatable bonds is 4. The maximum Gasteiger partial charge on any atom is 0.0790 e. The Morgan fingerprint density at radius 3 is 2.87 bits per heavy atom. The number of hydroxylamine groups is 1. The summed E-state index contributed by atoms with van der Waals surface area (Å²) in [4.78, 5) is 5.64. The van der Waals surface area contributed by atoms with Gasteiger partial charge in [-0.3, -0.25) is 9.52 Å². The Morgan fingerprint density at radius 2 is 2.27 bits per heavy atom. The van der Waals surface area contributed by atoms with Crippen LogP contribution in [0.15, 0.2) is 12.4 Å². The predicted octanol–water partition coefficient (Wildman–Crippen LogP) is 1.94. The molecule has 1 saturated carbocycles. The lowest BCUT2D eigenvalue weighted by atomic mass is 10.2. The van der Waals surface area contributed by atoms with Crippen molar-refractivity contribution >= 4 is 0 Å². The van der Waals surface area contributed by atoms with Crippen LogP contribution in [0.3, 0.4) is 0 Å². The molecule has 15 heavy (non-hydrogen) atoms. The Kier molecular flexibility index (Phi) is 3.38. The van der Waals surface area contributed by atoms with Crippen molar-refractivity contribution in [3.05, 3.63) is 18.0 Å². The topological polar surface area (TPSA) is 39.1 Å². The van der Waals surface area contributed by atoms with Gasteiger partial charge in [-0.15, -0.1) is 0 Å². The number of aromatic nitrogens is 2. The fourth-order valence-corrected chi connectivity index (χ4v) is 1.94. The van der Waals surface area contributed by atoms with E-state index in [4.69, 9.17) is 4.84 Å². The fraction of sp³-hybridized carbons (Fsp3) is 0.727. The molecule has 1 N–H and O–H groups in total. The molecule has 84 valence electrons. The van der Waals surface area contributed by atoms with Crippen molar-refractivity contribution < 1.29 is 4.84 Å². The van der Waals surface area contributed by atoms with Gasteiger partial charge in [-0.1, -0.05) is 12.8 Å². The quantitative estimate of drug-likeness (QED) is 0.770. The van der Waals surface area contributed by atoms with Gasteiger partial charge in [0.15, 0.2) is 0 Å². The van der Waals surface area contributed by atoms with Crippen molar-refractivity contribution in [2.75, 3.05) is 0 Å². The molecule has 1 heterocycles. The van der Waals surface area contributed by atoms with Crippen LogP contribution in [0.1, 0.15) is 44.2 Å². The molecule has 1 aromatic rings. The highest BCUT2D eigenvalue weighted by Gasteiger charge is 2.17. The van der Waals surface area contributed by atoms with E-state index in [-0.39, 0.29) is 6.04 Å². The summed E-state index contributed by atoms with van der Waals surface area (Å²) in [5, 5.41) is 4.14. The highest BCUT2D eigenvalue weighted by molar-refractivity contribution is 5.08. The molecule has 1 unspecified atom stereocenters. The molecule has 1 fully saturated rings. The Bertz CT molecular complexity index is 305. The van der Waals surface area contributed by atoms with Crippen molar-refractivity contribution in [1.29, 1.82) is 0 Å². The lowest BCUT2D eigenvalue weighted by Gasteiger charge is -2.16. The monoisotopic (exact) mass is 209 g/mol. The molecule has 1 aliphatic carbocycles. The second-order valence-corrected chi connectivity index (χ2v) is 4.31. The van der Waals surface area contributed by atoms with E-state index in [1.54, 1.807) is 0 Å². The predicted molar refractivity (Wildman–Crippen MR) is 58.1 cm³/mol. The van der Waals surface area contributed by atoms with Crippen molar-refractivity contribution in [3.8, 4) is 0 Å². The van der Waals surface area contributed by atoms with Crippen LogP contribution in [-0.2, 0) is 11.9 Å². The van der Waals surface area contributed by atoms with Gasteiger partial charge in [-0.25, -0.2) is 0 Å². The van der Waals surface area contributed by atoms with E-state index >= 15 is 0 Å². The van der Waals surface area contributed by atoms with Gasteiger partial charge >= 0.3 is 0 Å². The van der Waals surface area contributed by atoms with Crippen LogP contribution in [0.25, 0.3) is 0 Å². The first-order chi connectivity index (χ1) is 7.25. The van der Waals surface area contributed by atoms with Crippen LogP contribution >= 0.6 is 0 Å². The van der Waals surface area contributed by atoms with E-state index in [0.717, 1.165) is 5.56 Å². The molecule has 1 atom stereocenters. The number of hydrogen-bond donors (Lipinski definition) is 1. The minimum atomic E-state index is 0.208. The number of hydrogen-bond acceptors (Lipinski definition) is 3. The summed E-state index contributed by atoms with van der Waals surface area (Å²) in [6, 6.07) is 0.208. The van der Waals surface area contributed by atoms with E-state index < -0.39 is 0 Å². The molecule has 0 saturated heterocycles. The van der Waals surface area contributed by atoms with E-state index in [9.17, 15) is 0 Å². The largest absolute Gasteiger partial charge is 0.298 e. The first kappa shape index (κ1) is 10.6. The minimum absolute atomic E-state index is 0.208. The molecule has 2 rings (SSSR count). The highest BCUT2D eigenvalue weighted by Crippen LogP contribution is 2.21. The van der Waals surface area contributed by atoms with E-state index in [1.165, 1.54) is 25.7 Å². The molecule has 4 nitrogen and oxygen atoms in total. The lowest BCUT2D eigenvalue weighted by Crippen LogP contribution is -2.24. The first-order valence-corrected chi connectivity index (χ1v) is 5.65. The molecule has 0 aliphatic heterocycles. The standard InChI is InChI=1S/C11H19N3O/c1-9(10-7-12-14(2)8-10)13-15-11-5-3-4-6-11/h7-9,11,13H,3-6H2,1-2H3. The van der Waals surface area contributed by atoms with E-state index in [1.807, 2.05) is 24.1 Å². The Labute approximate surface area is 90.6 Å². The van der Waals surface area contributed by atoms with Gasteiger partial charge in [0.05, 0.1) is 18.3 Å². The average molecular weight is 209 g/mol. The van der Waals surface area contributed by atoms with E-state index in [0.29, 0.717) is 6.10 Å². The van der Waals surface area contributed by atoms with Gasteiger partial charge in [0, 0.05) is 18.8 Å². The zero-order valence-corrected chi connectivity index (χ0v) is 9.44. The summed E-state index contributed by atoms with van der Waals surface area (Å²) in [5.74, 6) is 0. The molecule has 0 aromatic carbocycles. The third kappa shape index (κ3) is 2.79. The molecule has 0 radical (unpaired) electrons. The summed E-state index contributed by atoms with van der Waals surface area (Å²) in [6.07, 6.45) is 9.26. The number of aryl methyl sites for hydroxylation is 1. The van der Waals surface area contributed by atoms with Crippen molar-refractivity contribution in [3.63, 3.8) is 0 Å². The zero-order chi connectivity index (χ0) is 10.7. The fourth-order valence-electron chi connectivity index (χ4n) is 1.94. The lowest BCUT2D eigenvalue weighted by molar-refractivity contribution is -0.0376. The second-order valence-electron chi connectivity index (χ2n) is 4.31. The van der Waals surface area contributed by atoms with Gasteiger partial charge in [0.1, 0.15) is 0 Å². The molecular weight excluding hydrogens is 190 g/mol. The summed E-state index contributed by atoms with van der Waals surface area (Å²) in [7, 11) is 1.92. The molecular formula is C11H19N3O. The average Bonchev–Trinajstić information content (AvgIpc) is 2.84.